The van der Waals surface area contributed by atoms with Gasteiger partial charge in [0.1, 0.15) is 0 Å². The summed E-state index contributed by atoms with van der Waals surface area (Å²) in [5.41, 5.74) is 9.75. The molecule has 0 unspecified atom stereocenters. The van der Waals surface area contributed by atoms with Crippen LogP contribution in [-0.4, -0.2) is 17.9 Å². The van der Waals surface area contributed by atoms with Crippen LogP contribution in [0.5, 0.6) is 0 Å². The van der Waals surface area contributed by atoms with Crippen molar-refractivity contribution in [3.8, 4) is 0 Å². The van der Waals surface area contributed by atoms with E-state index in [0.717, 1.165) is 17.1 Å². The number of carbonyl (C=O) groups is 1. The van der Waals surface area contributed by atoms with Crippen molar-refractivity contribution in [2.24, 2.45) is 0 Å². The second-order valence-corrected chi connectivity index (χ2v) is 4.51. The van der Waals surface area contributed by atoms with E-state index in [2.05, 4.69) is 15.6 Å². The van der Waals surface area contributed by atoms with E-state index in [1.807, 2.05) is 25.1 Å². The van der Waals surface area contributed by atoms with Crippen LogP contribution in [0.1, 0.15) is 21.7 Å². The van der Waals surface area contributed by atoms with Crippen LogP contribution in [0, 0.1) is 6.92 Å². The Morgan fingerprint density at radius 3 is 2.75 bits per heavy atom. The molecule has 1 amide bonds. The molecular formula is C15H18N4O. The summed E-state index contributed by atoms with van der Waals surface area (Å²) in [5, 5.41) is 5.79. The summed E-state index contributed by atoms with van der Waals surface area (Å²) < 4.78 is 0. The molecule has 0 spiro atoms. The maximum atomic E-state index is 11.5. The van der Waals surface area contributed by atoms with Gasteiger partial charge in [-0.15, -0.1) is 0 Å². The minimum absolute atomic E-state index is 0.149. The van der Waals surface area contributed by atoms with Gasteiger partial charge in [-0.25, -0.2) is 0 Å². The number of nitrogens with zero attached hydrogens (tertiary/aromatic N) is 1. The van der Waals surface area contributed by atoms with Crippen molar-refractivity contribution in [1.82, 2.24) is 10.3 Å². The third kappa shape index (κ3) is 3.26. The number of carbonyl (C=O) groups excluding carboxylic acids is 1. The molecule has 0 saturated carbocycles. The van der Waals surface area contributed by atoms with E-state index in [4.69, 9.17) is 5.73 Å². The predicted octanol–water partition coefficient (Wildman–Crippen LogP) is 1.94. The van der Waals surface area contributed by atoms with Crippen LogP contribution < -0.4 is 16.4 Å². The van der Waals surface area contributed by atoms with Crippen LogP contribution in [0.3, 0.4) is 0 Å². The average Bonchev–Trinajstić information content (AvgIpc) is 2.45. The highest BCUT2D eigenvalue weighted by atomic mass is 16.1. The van der Waals surface area contributed by atoms with Gasteiger partial charge in [0.15, 0.2) is 0 Å². The molecule has 0 saturated heterocycles. The van der Waals surface area contributed by atoms with Crippen LogP contribution in [0.2, 0.25) is 0 Å². The third-order valence-corrected chi connectivity index (χ3v) is 2.95. The van der Waals surface area contributed by atoms with E-state index in [-0.39, 0.29) is 5.91 Å². The Kier molecular flexibility index (Phi) is 4.20. The number of anilines is 2. The van der Waals surface area contributed by atoms with Crippen molar-refractivity contribution >= 4 is 17.3 Å². The third-order valence-electron chi connectivity index (χ3n) is 2.95. The minimum Gasteiger partial charge on any atom is -0.397 e. The molecule has 2 rings (SSSR count). The molecule has 0 fully saturated rings. The topological polar surface area (TPSA) is 80.0 Å². The highest BCUT2D eigenvalue weighted by molar-refractivity contribution is 5.95. The number of amides is 1. The quantitative estimate of drug-likeness (QED) is 0.742. The fourth-order valence-electron chi connectivity index (χ4n) is 1.89. The first-order chi connectivity index (χ1) is 9.60. The number of nitrogen functional groups attached to an aromatic ring is 1. The second kappa shape index (κ2) is 6.06. The lowest BCUT2D eigenvalue weighted by atomic mass is 10.1. The average molecular weight is 270 g/mol. The number of hydrogen-bond acceptors (Lipinski definition) is 4. The van der Waals surface area contributed by atoms with Crippen molar-refractivity contribution in [2.45, 2.75) is 13.5 Å². The molecule has 5 nitrogen and oxygen atoms in total. The van der Waals surface area contributed by atoms with Crippen LogP contribution in [-0.2, 0) is 6.54 Å². The molecule has 0 aliphatic carbocycles. The molecule has 5 heteroatoms. The Labute approximate surface area is 118 Å². The zero-order valence-electron chi connectivity index (χ0n) is 11.6. The fraction of sp³-hybridized carbons (Fsp3) is 0.200. The Morgan fingerprint density at radius 2 is 2.10 bits per heavy atom. The van der Waals surface area contributed by atoms with Gasteiger partial charge >= 0.3 is 0 Å². The molecule has 1 heterocycles. The normalized spacial score (nSPS) is 10.1. The van der Waals surface area contributed by atoms with E-state index in [9.17, 15) is 4.79 Å². The maximum Gasteiger partial charge on any atom is 0.251 e. The molecule has 0 bridgehead atoms. The Bertz CT molecular complexity index is 625. The SMILES string of the molecule is CNC(=O)c1ccc(NCc2cccc(C)n2)c(N)c1. The van der Waals surface area contributed by atoms with Gasteiger partial charge in [-0.05, 0) is 37.3 Å². The lowest BCUT2D eigenvalue weighted by molar-refractivity contribution is 0.0963. The van der Waals surface area contributed by atoms with Gasteiger partial charge in [-0.1, -0.05) is 6.07 Å². The maximum absolute atomic E-state index is 11.5. The summed E-state index contributed by atoms with van der Waals surface area (Å²) in [4.78, 5) is 15.9. The molecule has 20 heavy (non-hydrogen) atoms. The molecule has 0 aliphatic rings. The van der Waals surface area contributed by atoms with Gasteiger partial charge in [0.25, 0.3) is 5.91 Å². The highest BCUT2D eigenvalue weighted by Crippen LogP contribution is 2.20. The van der Waals surface area contributed by atoms with Crippen molar-refractivity contribution in [1.29, 1.82) is 0 Å². The molecule has 2 aromatic rings. The molecule has 4 N–H and O–H groups in total. The van der Waals surface area contributed by atoms with E-state index in [1.54, 1.807) is 25.2 Å². The smallest absolute Gasteiger partial charge is 0.251 e. The van der Waals surface area contributed by atoms with E-state index in [0.29, 0.717) is 17.8 Å². The minimum atomic E-state index is -0.149. The first-order valence-corrected chi connectivity index (χ1v) is 6.38. The van der Waals surface area contributed by atoms with Gasteiger partial charge in [0.2, 0.25) is 0 Å². The molecule has 1 aromatic carbocycles. The van der Waals surface area contributed by atoms with Crippen LogP contribution >= 0.6 is 0 Å². The Morgan fingerprint density at radius 1 is 1.30 bits per heavy atom. The summed E-state index contributed by atoms with van der Waals surface area (Å²) in [5.74, 6) is -0.149. The number of hydrogen-bond donors (Lipinski definition) is 3. The zero-order valence-corrected chi connectivity index (χ0v) is 11.6. The Hall–Kier alpha value is -2.56. The van der Waals surface area contributed by atoms with E-state index < -0.39 is 0 Å². The lowest BCUT2D eigenvalue weighted by Crippen LogP contribution is -2.18. The zero-order chi connectivity index (χ0) is 14.5. The number of nitrogens with two attached hydrogens (primary N) is 1. The summed E-state index contributed by atoms with van der Waals surface area (Å²) in [6.45, 7) is 2.54. The van der Waals surface area contributed by atoms with Crippen molar-refractivity contribution in [3.05, 3.63) is 53.3 Å². The van der Waals surface area contributed by atoms with Gasteiger partial charge in [-0.3, -0.25) is 9.78 Å². The largest absolute Gasteiger partial charge is 0.397 e. The summed E-state index contributed by atoms with van der Waals surface area (Å²) >= 11 is 0. The lowest BCUT2D eigenvalue weighted by Gasteiger charge is -2.10. The number of benzene rings is 1. The van der Waals surface area contributed by atoms with Gasteiger partial charge in [0, 0.05) is 18.3 Å². The molecule has 0 aliphatic heterocycles. The molecule has 0 atom stereocenters. The molecule has 104 valence electrons. The van der Waals surface area contributed by atoms with Crippen molar-refractivity contribution < 1.29 is 4.79 Å². The van der Waals surface area contributed by atoms with Crippen LogP contribution in [0.25, 0.3) is 0 Å². The number of pyridine rings is 1. The number of aryl methyl sites for hydroxylation is 1. The summed E-state index contributed by atoms with van der Waals surface area (Å²) in [6, 6.07) is 11.1. The second-order valence-electron chi connectivity index (χ2n) is 4.51. The molecule has 1 aromatic heterocycles. The fourth-order valence-corrected chi connectivity index (χ4v) is 1.89. The number of nitrogens with one attached hydrogen (secondary N) is 2. The first-order valence-electron chi connectivity index (χ1n) is 6.38. The molecular weight excluding hydrogens is 252 g/mol. The van der Waals surface area contributed by atoms with Gasteiger partial charge < -0.3 is 16.4 Å². The molecule has 0 radical (unpaired) electrons. The van der Waals surface area contributed by atoms with Crippen LogP contribution in [0.4, 0.5) is 11.4 Å². The number of aromatic nitrogens is 1. The summed E-state index contributed by atoms with van der Waals surface area (Å²) in [7, 11) is 1.59. The van der Waals surface area contributed by atoms with Gasteiger partial charge in [0.05, 0.1) is 23.6 Å². The van der Waals surface area contributed by atoms with Gasteiger partial charge in [-0.2, -0.15) is 0 Å². The predicted molar refractivity (Wildman–Crippen MR) is 80.5 cm³/mol. The highest BCUT2D eigenvalue weighted by Gasteiger charge is 2.06. The first kappa shape index (κ1) is 13.9. The standard InChI is InChI=1S/C15H18N4O/c1-10-4-3-5-12(19-10)9-18-14-7-6-11(8-13(14)16)15(20)17-2/h3-8,18H,9,16H2,1-2H3,(H,17,20). The van der Waals surface area contributed by atoms with Crippen molar-refractivity contribution in [2.75, 3.05) is 18.1 Å². The monoisotopic (exact) mass is 270 g/mol. The number of rotatable bonds is 4. The summed E-state index contributed by atoms with van der Waals surface area (Å²) in [6.07, 6.45) is 0. The van der Waals surface area contributed by atoms with Crippen LogP contribution in [0.15, 0.2) is 36.4 Å². The van der Waals surface area contributed by atoms with E-state index >= 15 is 0 Å². The Balaban J connectivity index is 2.08. The van der Waals surface area contributed by atoms with Crippen molar-refractivity contribution in [3.63, 3.8) is 0 Å². The van der Waals surface area contributed by atoms with E-state index in [1.165, 1.54) is 0 Å².